The van der Waals surface area contributed by atoms with Gasteiger partial charge in [0.05, 0.1) is 6.10 Å². The molecule has 27 heavy (non-hydrogen) atoms. The summed E-state index contributed by atoms with van der Waals surface area (Å²) in [6, 6.07) is 14.3. The van der Waals surface area contributed by atoms with Crippen molar-refractivity contribution in [2.75, 3.05) is 32.8 Å². The zero-order valence-electron chi connectivity index (χ0n) is 15.7. The molecule has 2 aromatic rings. The number of amides is 1. The van der Waals surface area contributed by atoms with Gasteiger partial charge in [-0.15, -0.1) is 0 Å². The highest BCUT2D eigenvalue weighted by atomic mass is 16.5. The fourth-order valence-electron chi connectivity index (χ4n) is 4.01. The number of likely N-dealkylation sites (tertiary alicyclic amines) is 1. The number of hydrogen-bond acceptors (Lipinski definition) is 4. The summed E-state index contributed by atoms with van der Waals surface area (Å²) in [4.78, 5) is 14.7. The summed E-state index contributed by atoms with van der Waals surface area (Å²) in [6.45, 7) is 4.06. The number of rotatable bonds is 6. The van der Waals surface area contributed by atoms with E-state index in [1.807, 2.05) is 36.4 Å². The Bertz CT molecular complexity index is 765. The molecular formula is C22H28N2O3. The molecule has 1 amide bonds. The Morgan fingerprint density at radius 1 is 1.11 bits per heavy atom. The maximum atomic E-state index is 12.2. The molecule has 5 nitrogen and oxygen atoms in total. The van der Waals surface area contributed by atoms with Gasteiger partial charge in [0, 0.05) is 32.3 Å². The predicted octanol–water partition coefficient (Wildman–Crippen LogP) is 2.98. The molecular weight excluding hydrogens is 340 g/mol. The normalized spacial score (nSPS) is 21.4. The van der Waals surface area contributed by atoms with E-state index in [1.165, 1.54) is 18.2 Å². The molecule has 1 unspecified atom stereocenters. The average molecular weight is 368 g/mol. The number of nitrogens with one attached hydrogen (secondary N) is 1. The molecule has 2 aliphatic heterocycles. The van der Waals surface area contributed by atoms with Gasteiger partial charge < -0.3 is 19.7 Å². The molecule has 2 aliphatic rings. The van der Waals surface area contributed by atoms with Crippen LogP contribution in [0.15, 0.2) is 42.5 Å². The lowest BCUT2D eigenvalue weighted by Gasteiger charge is -2.33. The van der Waals surface area contributed by atoms with Crippen molar-refractivity contribution in [3.8, 4) is 5.75 Å². The van der Waals surface area contributed by atoms with Gasteiger partial charge in [0.1, 0.15) is 5.75 Å². The van der Waals surface area contributed by atoms with Crippen molar-refractivity contribution in [2.24, 2.45) is 0 Å². The van der Waals surface area contributed by atoms with E-state index in [0.29, 0.717) is 6.10 Å². The lowest BCUT2D eigenvalue weighted by Crippen LogP contribution is -2.47. The van der Waals surface area contributed by atoms with Crippen molar-refractivity contribution in [3.63, 3.8) is 0 Å². The Kier molecular flexibility index (Phi) is 5.90. The minimum absolute atomic E-state index is 0.0410. The third-order valence-corrected chi connectivity index (χ3v) is 5.53. The zero-order chi connectivity index (χ0) is 18.5. The largest absolute Gasteiger partial charge is 0.484 e. The molecule has 0 radical (unpaired) electrons. The molecule has 5 heteroatoms. The Balaban J connectivity index is 1.19. The van der Waals surface area contributed by atoms with Crippen molar-refractivity contribution >= 4 is 16.7 Å². The molecule has 1 atom stereocenters. The highest BCUT2D eigenvalue weighted by Crippen LogP contribution is 2.20. The fourth-order valence-corrected chi connectivity index (χ4v) is 4.01. The van der Waals surface area contributed by atoms with Crippen LogP contribution in [0, 0.1) is 0 Å². The third-order valence-electron chi connectivity index (χ3n) is 5.53. The van der Waals surface area contributed by atoms with E-state index >= 15 is 0 Å². The van der Waals surface area contributed by atoms with E-state index < -0.39 is 0 Å². The number of carbonyl (C=O) groups excluding carboxylic acids is 1. The average Bonchev–Trinajstić information content (AvgIpc) is 3.21. The van der Waals surface area contributed by atoms with Gasteiger partial charge in [-0.2, -0.15) is 0 Å². The molecule has 0 saturated carbocycles. The van der Waals surface area contributed by atoms with Crippen LogP contribution in [0.1, 0.15) is 25.7 Å². The second kappa shape index (κ2) is 8.72. The molecule has 2 aromatic carbocycles. The quantitative estimate of drug-likeness (QED) is 0.852. The van der Waals surface area contributed by atoms with Gasteiger partial charge in [-0.25, -0.2) is 0 Å². The summed E-state index contributed by atoms with van der Waals surface area (Å²) in [5, 5.41) is 5.41. The fraction of sp³-hybridized carbons (Fsp3) is 0.500. The van der Waals surface area contributed by atoms with E-state index in [0.717, 1.165) is 50.2 Å². The first-order valence-electron chi connectivity index (χ1n) is 10.0. The minimum atomic E-state index is -0.0410. The molecule has 144 valence electrons. The summed E-state index contributed by atoms with van der Waals surface area (Å²) in [7, 11) is 0. The standard InChI is InChI=1S/C22H28N2O3/c25-22(16-27-20-8-7-17-4-1-2-5-18(17)14-20)23-19-9-11-24(12-10-19)15-21-6-3-13-26-21/h1-2,4-5,7-8,14,19,21H,3,6,9-13,15-16H2,(H,23,25). The molecule has 0 spiro atoms. The van der Waals surface area contributed by atoms with Crippen LogP contribution in [0.2, 0.25) is 0 Å². The molecule has 0 aliphatic carbocycles. The molecule has 1 N–H and O–H groups in total. The van der Waals surface area contributed by atoms with E-state index in [2.05, 4.69) is 16.3 Å². The van der Waals surface area contributed by atoms with Crippen LogP contribution in [-0.2, 0) is 9.53 Å². The lowest BCUT2D eigenvalue weighted by molar-refractivity contribution is -0.124. The van der Waals surface area contributed by atoms with Crippen LogP contribution in [0.3, 0.4) is 0 Å². The van der Waals surface area contributed by atoms with E-state index in [9.17, 15) is 4.79 Å². The van der Waals surface area contributed by atoms with Crippen LogP contribution in [0.5, 0.6) is 5.75 Å². The van der Waals surface area contributed by atoms with Crippen LogP contribution in [0.25, 0.3) is 10.8 Å². The SMILES string of the molecule is O=C(COc1ccc2ccccc2c1)NC1CCN(CC2CCCO2)CC1. The Labute approximate surface area is 160 Å². The first kappa shape index (κ1) is 18.3. The maximum absolute atomic E-state index is 12.2. The van der Waals surface area contributed by atoms with Crippen LogP contribution in [0.4, 0.5) is 0 Å². The van der Waals surface area contributed by atoms with Gasteiger partial charge in [-0.05, 0) is 48.6 Å². The number of carbonyl (C=O) groups is 1. The summed E-state index contributed by atoms with van der Waals surface area (Å²) in [5.41, 5.74) is 0. The first-order chi connectivity index (χ1) is 13.3. The van der Waals surface area contributed by atoms with Crippen molar-refractivity contribution in [1.82, 2.24) is 10.2 Å². The van der Waals surface area contributed by atoms with Gasteiger partial charge in [0.25, 0.3) is 5.91 Å². The molecule has 0 bridgehead atoms. The molecule has 2 saturated heterocycles. The van der Waals surface area contributed by atoms with Crippen molar-refractivity contribution in [3.05, 3.63) is 42.5 Å². The second-order valence-corrected chi connectivity index (χ2v) is 7.58. The highest BCUT2D eigenvalue weighted by molar-refractivity contribution is 5.84. The summed E-state index contributed by atoms with van der Waals surface area (Å²) in [6.07, 6.45) is 4.77. The Morgan fingerprint density at radius 3 is 2.70 bits per heavy atom. The second-order valence-electron chi connectivity index (χ2n) is 7.58. The van der Waals surface area contributed by atoms with Gasteiger partial charge in [0.15, 0.2) is 6.61 Å². The predicted molar refractivity (Wildman–Crippen MR) is 106 cm³/mol. The Morgan fingerprint density at radius 2 is 1.93 bits per heavy atom. The number of fused-ring (bicyclic) bond motifs is 1. The summed E-state index contributed by atoms with van der Waals surface area (Å²) < 4.78 is 11.4. The van der Waals surface area contributed by atoms with Crippen molar-refractivity contribution in [2.45, 2.75) is 37.8 Å². The topological polar surface area (TPSA) is 50.8 Å². The van der Waals surface area contributed by atoms with E-state index in [-0.39, 0.29) is 18.6 Å². The Hall–Kier alpha value is -2.11. The van der Waals surface area contributed by atoms with E-state index in [1.54, 1.807) is 0 Å². The van der Waals surface area contributed by atoms with E-state index in [4.69, 9.17) is 9.47 Å². The van der Waals surface area contributed by atoms with Crippen molar-refractivity contribution in [1.29, 1.82) is 0 Å². The van der Waals surface area contributed by atoms with Crippen LogP contribution in [-0.4, -0.2) is 55.8 Å². The van der Waals surface area contributed by atoms with Gasteiger partial charge in [-0.1, -0.05) is 30.3 Å². The van der Waals surface area contributed by atoms with Crippen LogP contribution >= 0.6 is 0 Å². The maximum Gasteiger partial charge on any atom is 0.258 e. The highest BCUT2D eigenvalue weighted by Gasteiger charge is 2.24. The summed E-state index contributed by atoms with van der Waals surface area (Å²) >= 11 is 0. The molecule has 2 fully saturated rings. The molecule has 2 heterocycles. The van der Waals surface area contributed by atoms with Crippen molar-refractivity contribution < 1.29 is 14.3 Å². The molecule has 0 aromatic heterocycles. The van der Waals surface area contributed by atoms with Gasteiger partial charge in [-0.3, -0.25) is 4.79 Å². The third kappa shape index (κ3) is 4.99. The van der Waals surface area contributed by atoms with Gasteiger partial charge >= 0.3 is 0 Å². The smallest absolute Gasteiger partial charge is 0.258 e. The van der Waals surface area contributed by atoms with Gasteiger partial charge in [0.2, 0.25) is 0 Å². The zero-order valence-corrected chi connectivity index (χ0v) is 15.7. The minimum Gasteiger partial charge on any atom is -0.484 e. The number of nitrogens with zero attached hydrogens (tertiary/aromatic N) is 1. The number of piperidine rings is 1. The lowest BCUT2D eigenvalue weighted by atomic mass is 10.0. The number of hydrogen-bond donors (Lipinski definition) is 1. The number of ether oxygens (including phenoxy) is 2. The number of benzene rings is 2. The van der Waals surface area contributed by atoms with Crippen LogP contribution < -0.4 is 10.1 Å². The first-order valence-corrected chi connectivity index (χ1v) is 10.0. The monoisotopic (exact) mass is 368 g/mol. The molecule has 4 rings (SSSR count). The summed E-state index contributed by atoms with van der Waals surface area (Å²) in [5.74, 6) is 0.691.